The van der Waals surface area contributed by atoms with E-state index >= 15 is 0 Å². The molecule has 0 radical (unpaired) electrons. The molecule has 1 saturated heterocycles. The molecule has 1 aliphatic heterocycles. The van der Waals surface area contributed by atoms with Crippen molar-refractivity contribution < 1.29 is 14.3 Å². The van der Waals surface area contributed by atoms with E-state index in [1.165, 1.54) is 0 Å². The summed E-state index contributed by atoms with van der Waals surface area (Å²) < 4.78 is 10.9. The predicted octanol–water partition coefficient (Wildman–Crippen LogP) is 1.95. The van der Waals surface area contributed by atoms with Crippen LogP contribution in [0.3, 0.4) is 0 Å². The molecule has 0 saturated carbocycles. The average Bonchev–Trinajstić information content (AvgIpc) is 2.52. The van der Waals surface area contributed by atoms with E-state index in [0.717, 1.165) is 39.3 Å². The molecule has 1 atom stereocenters. The fraction of sp³-hybridized carbons (Fsp3) is 0.562. The van der Waals surface area contributed by atoms with Crippen LogP contribution < -0.4 is 10.1 Å². The zero-order chi connectivity index (χ0) is 15.8. The van der Waals surface area contributed by atoms with Crippen molar-refractivity contribution in [3.05, 3.63) is 29.3 Å². The number of hydrogen-bond acceptors (Lipinski definition) is 4. The van der Waals surface area contributed by atoms with Gasteiger partial charge in [0.25, 0.3) is 5.91 Å². The Balaban J connectivity index is 1.63. The molecule has 22 heavy (non-hydrogen) atoms. The summed E-state index contributed by atoms with van der Waals surface area (Å²) in [4.78, 5) is 14.3. The number of amides is 1. The summed E-state index contributed by atoms with van der Waals surface area (Å²) in [6, 6.07) is 7.05. The van der Waals surface area contributed by atoms with E-state index in [-0.39, 0.29) is 5.91 Å². The molecule has 5 nitrogen and oxygen atoms in total. The van der Waals surface area contributed by atoms with Crippen LogP contribution >= 0.6 is 11.6 Å². The molecule has 0 unspecified atom stereocenters. The smallest absolute Gasteiger partial charge is 0.260 e. The second-order valence-electron chi connectivity index (χ2n) is 5.32. The Morgan fingerprint density at radius 1 is 1.45 bits per heavy atom. The summed E-state index contributed by atoms with van der Waals surface area (Å²) in [5, 5.41) is 3.50. The lowest BCUT2D eigenvalue weighted by atomic mass is 10.3. The number of nitrogens with one attached hydrogen (secondary N) is 1. The van der Waals surface area contributed by atoms with Gasteiger partial charge in [-0.2, -0.15) is 0 Å². The summed E-state index contributed by atoms with van der Waals surface area (Å²) in [6.07, 6.45) is 0.386. The molecule has 1 heterocycles. The zero-order valence-corrected chi connectivity index (χ0v) is 13.6. The van der Waals surface area contributed by atoms with Crippen molar-refractivity contribution >= 4 is 17.5 Å². The van der Waals surface area contributed by atoms with Gasteiger partial charge in [0.2, 0.25) is 0 Å². The standard InChI is InChI=1S/C16H23ClN2O3/c1-13(22-15-5-2-4-14(17)12-15)16(20)18-6-3-7-19-8-10-21-11-9-19/h2,4-5,12-13H,3,6-11H2,1H3,(H,18,20)/t13-/m0/s1. The average molecular weight is 327 g/mol. The van der Waals surface area contributed by atoms with Gasteiger partial charge in [-0.25, -0.2) is 0 Å². The maximum atomic E-state index is 12.0. The largest absolute Gasteiger partial charge is 0.481 e. The van der Waals surface area contributed by atoms with Crippen molar-refractivity contribution in [2.75, 3.05) is 39.4 Å². The topological polar surface area (TPSA) is 50.8 Å². The van der Waals surface area contributed by atoms with E-state index in [1.54, 1.807) is 31.2 Å². The minimum atomic E-state index is -0.540. The highest BCUT2D eigenvalue weighted by Gasteiger charge is 2.15. The molecule has 1 aromatic rings. The first kappa shape index (κ1) is 17.1. The van der Waals surface area contributed by atoms with Gasteiger partial charge in [0.1, 0.15) is 5.75 Å². The molecule has 122 valence electrons. The molecule has 1 N–H and O–H groups in total. The third-order valence-corrected chi connectivity index (χ3v) is 3.77. The van der Waals surface area contributed by atoms with Gasteiger partial charge in [-0.1, -0.05) is 17.7 Å². The van der Waals surface area contributed by atoms with E-state index in [9.17, 15) is 4.79 Å². The maximum absolute atomic E-state index is 12.0. The maximum Gasteiger partial charge on any atom is 0.260 e. The van der Waals surface area contributed by atoms with Gasteiger partial charge in [0, 0.05) is 24.7 Å². The summed E-state index contributed by atoms with van der Waals surface area (Å²) in [6.45, 7) is 6.92. The molecular formula is C16H23ClN2O3. The Morgan fingerprint density at radius 3 is 2.95 bits per heavy atom. The SMILES string of the molecule is C[C@H](Oc1cccc(Cl)c1)C(=O)NCCCN1CCOCC1. The van der Waals surface area contributed by atoms with E-state index in [1.807, 2.05) is 0 Å². The summed E-state index contributed by atoms with van der Waals surface area (Å²) in [5.41, 5.74) is 0. The molecule has 2 rings (SSSR count). The Bertz CT molecular complexity index is 478. The van der Waals surface area contributed by atoms with Crippen LogP contribution in [0.15, 0.2) is 24.3 Å². The number of halogens is 1. The lowest BCUT2D eigenvalue weighted by Crippen LogP contribution is -2.40. The Kier molecular flexibility index (Phi) is 6.96. The molecule has 0 aromatic heterocycles. The molecule has 0 aliphatic carbocycles. The van der Waals surface area contributed by atoms with Gasteiger partial charge in [0.15, 0.2) is 6.10 Å². The second kappa shape index (κ2) is 8.98. The van der Waals surface area contributed by atoms with Crippen LogP contribution in [-0.2, 0) is 9.53 Å². The van der Waals surface area contributed by atoms with Crippen LogP contribution in [-0.4, -0.2) is 56.3 Å². The summed E-state index contributed by atoms with van der Waals surface area (Å²) in [5.74, 6) is 0.491. The van der Waals surface area contributed by atoms with Crippen molar-refractivity contribution in [3.8, 4) is 5.75 Å². The van der Waals surface area contributed by atoms with Gasteiger partial charge in [-0.3, -0.25) is 9.69 Å². The normalized spacial score (nSPS) is 17.0. The van der Waals surface area contributed by atoms with Crippen LogP contribution in [0.4, 0.5) is 0 Å². The molecular weight excluding hydrogens is 304 g/mol. The first-order chi connectivity index (χ1) is 10.6. The van der Waals surface area contributed by atoms with Gasteiger partial charge in [-0.05, 0) is 38.1 Å². The monoisotopic (exact) mass is 326 g/mol. The lowest BCUT2D eigenvalue weighted by molar-refractivity contribution is -0.127. The number of carbonyl (C=O) groups is 1. The van der Waals surface area contributed by atoms with Crippen molar-refractivity contribution in [2.45, 2.75) is 19.4 Å². The van der Waals surface area contributed by atoms with Gasteiger partial charge < -0.3 is 14.8 Å². The van der Waals surface area contributed by atoms with E-state index in [0.29, 0.717) is 17.3 Å². The highest BCUT2D eigenvalue weighted by molar-refractivity contribution is 6.30. The quantitative estimate of drug-likeness (QED) is 0.778. The van der Waals surface area contributed by atoms with Crippen molar-refractivity contribution in [2.24, 2.45) is 0 Å². The zero-order valence-electron chi connectivity index (χ0n) is 12.9. The highest BCUT2D eigenvalue weighted by Crippen LogP contribution is 2.18. The minimum absolute atomic E-state index is 0.109. The predicted molar refractivity (Wildman–Crippen MR) is 86.4 cm³/mol. The molecule has 0 spiro atoms. The first-order valence-electron chi connectivity index (χ1n) is 7.65. The Morgan fingerprint density at radius 2 is 2.23 bits per heavy atom. The molecule has 6 heteroatoms. The fourth-order valence-electron chi connectivity index (χ4n) is 2.28. The number of morpholine rings is 1. The van der Waals surface area contributed by atoms with Crippen LogP contribution in [0.25, 0.3) is 0 Å². The summed E-state index contributed by atoms with van der Waals surface area (Å²) >= 11 is 5.89. The Labute approximate surface area is 136 Å². The van der Waals surface area contributed by atoms with E-state index < -0.39 is 6.10 Å². The summed E-state index contributed by atoms with van der Waals surface area (Å²) in [7, 11) is 0. The van der Waals surface area contributed by atoms with Gasteiger partial charge >= 0.3 is 0 Å². The van der Waals surface area contributed by atoms with Crippen LogP contribution in [0, 0.1) is 0 Å². The third-order valence-electron chi connectivity index (χ3n) is 3.53. The first-order valence-corrected chi connectivity index (χ1v) is 8.03. The lowest BCUT2D eigenvalue weighted by Gasteiger charge is -2.26. The Hall–Kier alpha value is -1.30. The van der Waals surface area contributed by atoms with Crippen molar-refractivity contribution in [1.29, 1.82) is 0 Å². The number of nitrogens with zero attached hydrogens (tertiary/aromatic N) is 1. The van der Waals surface area contributed by atoms with E-state index in [2.05, 4.69) is 10.2 Å². The number of ether oxygens (including phenoxy) is 2. The van der Waals surface area contributed by atoms with Crippen LogP contribution in [0.1, 0.15) is 13.3 Å². The molecule has 1 amide bonds. The minimum Gasteiger partial charge on any atom is -0.481 e. The van der Waals surface area contributed by atoms with Gasteiger partial charge in [-0.15, -0.1) is 0 Å². The van der Waals surface area contributed by atoms with Crippen molar-refractivity contribution in [3.63, 3.8) is 0 Å². The number of rotatable bonds is 7. The number of carbonyl (C=O) groups excluding carboxylic acids is 1. The molecule has 1 aliphatic rings. The molecule has 0 bridgehead atoms. The van der Waals surface area contributed by atoms with Gasteiger partial charge in [0.05, 0.1) is 13.2 Å². The van der Waals surface area contributed by atoms with Crippen LogP contribution in [0.5, 0.6) is 5.75 Å². The highest BCUT2D eigenvalue weighted by atomic mass is 35.5. The second-order valence-corrected chi connectivity index (χ2v) is 5.75. The third kappa shape index (κ3) is 5.83. The molecule has 1 fully saturated rings. The molecule has 1 aromatic carbocycles. The van der Waals surface area contributed by atoms with Crippen molar-refractivity contribution in [1.82, 2.24) is 10.2 Å². The number of hydrogen-bond donors (Lipinski definition) is 1. The van der Waals surface area contributed by atoms with E-state index in [4.69, 9.17) is 21.1 Å². The van der Waals surface area contributed by atoms with Crippen LogP contribution in [0.2, 0.25) is 5.02 Å². The fourth-order valence-corrected chi connectivity index (χ4v) is 2.46. The number of benzene rings is 1.